The van der Waals surface area contributed by atoms with Crippen LogP contribution < -0.4 is 10.1 Å². The van der Waals surface area contributed by atoms with Crippen molar-refractivity contribution in [2.45, 2.75) is 18.8 Å². The molecule has 1 atom stereocenters. The number of hydrogen-bond acceptors (Lipinski definition) is 7. The van der Waals surface area contributed by atoms with Crippen molar-refractivity contribution < 1.29 is 9.53 Å². The molecule has 8 heteroatoms. The van der Waals surface area contributed by atoms with Crippen molar-refractivity contribution in [3.63, 3.8) is 0 Å². The lowest BCUT2D eigenvalue weighted by Gasteiger charge is -2.23. The van der Waals surface area contributed by atoms with E-state index in [1.165, 1.54) is 0 Å². The fourth-order valence-electron chi connectivity index (χ4n) is 4.69. The van der Waals surface area contributed by atoms with Crippen LogP contribution in [0, 0.1) is 0 Å². The summed E-state index contributed by atoms with van der Waals surface area (Å²) in [6.45, 7) is 0. The highest BCUT2D eigenvalue weighted by atomic mass is 35.5. The van der Waals surface area contributed by atoms with E-state index in [1.807, 2.05) is 66.7 Å². The second-order valence-electron chi connectivity index (χ2n) is 8.90. The predicted molar refractivity (Wildman–Crippen MR) is 144 cm³/mol. The van der Waals surface area contributed by atoms with Crippen LogP contribution in [0.15, 0.2) is 79.0 Å². The van der Waals surface area contributed by atoms with Gasteiger partial charge in [-0.15, -0.1) is 0 Å². The maximum absolute atomic E-state index is 12.9. The molecule has 1 aliphatic carbocycles. The number of ketones is 1. The summed E-state index contributed by atoms with van der Waals surface area (Å²) in [7, 11) is 1.64. The minimum absolute atomic E-state index is 0.0406. The van der Waals surface area contributed by atoms with Gasteiger partial charge in [-0.2, -0.15) is 0 Å². The van der Waals surface area contributed by atoms with Crippen molar-refractivity contribution in [2.24, 2.45) is 0 Å². The Kier molecular flexibility index (Phi) is 5.98. The molecular weight excluding hydrogens is 486 g/mol. The molecule has 3 aromatic carbocycles. The molecule has 0 unspecified atom stereocenters. The molecule has 0 radical (unpaired) electrons. The number of ether oxygens (including phenoxy) is 1. The first-order chi connectivity index (χ1) is 18.1. The summed E-state index contributed by atoms with van der Waals surface area (Å²) in [4.78, 5) is 31.4. The number of fused-ring (bicyclic) bond motifs is 2. The maximum Gasteiger partial charge on any atom is 0.230 e. The largest absolute Gasteiger partial charge is 0.497 e. The molecule has 2 heterocycles. The van der Waals surface area contributed by atoms with Crippen molar-refractivity contribution in [1.82, 2.24) is 19.9 Å². The third-order valence-corrected chi connectivity index (χ3v) is 6.79. The number of carbonyl (C=O) groups is 1. The number of Topliss-reactive ketones (excluding diaryl/α,β-unsaturated/α-hetero) is 1. The molecule has 37 heavy (non-hydrogen) atoms. The number of benzene rings is 3. The molecular formula is C29H22ClN5O2. The van der Waals surface area contributed by atoms with Gasteiger partial charge in [0.05, 0.1) is 29.6 Å². The first kappa shape index (κ1) is 23.1. The summed E-state index contributed by atoms with van der Waals surface area (Å²) in [6.07, 6.45) is 2.65. The summed E-state index contributed by atoms with van der Waals surface area (Å²) >= 11 is 6.27. The lowest BCUT2D eigenvalue weighted by Crippen LogP contribution is -2.21. The second-order valence-corrected chi connectivity index (χ2v) is 9.34. The van der Waals surface area contributed by atoms with Crippen LogP contribution in [0.3, 0.4) is 0 Å². The summed E-state index contributed by atoms with van der Waals surface area (Å²) in [5.41, 5.74) is 4.80. The number of halogens is 1. The molecule has 7 nitrogen and oxygen atoms in total. The molecule has 0 spiro atoms. The van der Waals surface area contributed by atoms with Gasteiger partial charge in [-0.05, 0) is 48.2 Å². The SMILES string of the molecule is COc1ccc([C@H]2CC(=O)c3cnc(Nc4nc(-c5ccccc5)c5cc(Cl)ccc5n4)nc3C2)cc1. The van der Waals surface area contributed by atoms with E-state index in [2.05, 4.69) is 15.3 Å². The number of anilines is 2. The number of hydrogen-bond donors (Lipinski definition) is 1. The van der Waals surface area contributed by atoms with Gasteiger partial charge in [0.1, 0.15) is 5.75 Å². The monoisotopic (exact) mass is 507 g/mol. The van der Waals surface area contributed by atoms with Gasteiger partial charge in [0.25, 0.3) is 0 Å². The third kappa shape index (κ3) is 4.61. The Hall–Kier alpha value is -4.36. The topological polar surface area (TPSA) is 89.9 Å². The molecule has 0 saturated heterocycles. The van der Waals surface area contributed by atoms with Crippen LogP contribution in [-0.2, 0) is 6.42 Å². The van der Waals surface area contributed by atoms with Crippen LogP contribution in [0.1, 0.15) is 34.0 Å². The predicted octanol–water partition coefficient (Wildman–Crippen LogP) is 6.41. The fraction of sp³-hybridized carbons (Fsp3) is 0.138. The van der Waals surface area contributed by atoms with Crippen molar-refractivity contribution in [3.05, 3.63) is 101 Å². The standard InChI is InChI=1S/C29H22ClN5O2/c1-37-21-10-7-17(8-11-21)19-13-25-23(26(36)14-19)16-31-28(33-25)35-29-32-24-12-9-20(30)15-22(24)27(34-29)18-5-3-2-4-6-18/h2-12,15-16,19H,13-14H2,1H3,(H,31,32,33,34,35)/t19-/m1/s1. The average molecular weight is 508 g/mol. The Morgan fingerprint density at radius 2 is 1.73 bits per heavy atom. The minimum atomic E-state index is 0.0406. The zero-order chi connectivity index (χ0) is 25.4. The lowest BCUT2D eigenvalue weighted by molar-refractivity contribution is 0.0962. The molecule has 1 aliphatic rings. The van der Waals surface area contributed by atoms with Crippen molar-refractivity contribution in [1.29, 1.82) is 0 Å². The van der Waals surface area contributed by atoms with Gasteiger partial charge in [0.15, 0.2) is 5.78 Å². The van der Waals surface area contributed by atoms with Gasteiger partial charge >= 0.3 is 0 Å². The summed E-state index contributed by atoms with van der Waals surface area (Å²) < 4.78 is 5.26. The van der Waals surface area contributed by atoms with Gasteiger partial charge in [-0.25, -0.2) is 19.9 Å². The van der Waals surface area contributed by atoms with E-state index in [0.29, 0.717) is 41.0 Å². The molecule has 2 aromatic heterocycles. The van der Waals surface area contributed by atoms with Gasteiger partial charge in [0.2, 0.25) is 11.9 Å². The molecule has 6 rings (SSSR count). The smallest absolute Gasteiger partial charge is 0.230 e. The Labute approximate surface area is 218 Å². The van der Waals surface area contributed by atoms with E-state index in [0.717, 1.165) is 33.5 Å². The first-order valence-electron chi connectivity index (χ1n) is 11.9. The highest BCUT2D eigenvalue weighted by molar-refractivity contribution is 6.31. The quantitative estimate of drug-likeness (QED) is 0.294. The molecule has 182 valence electrons. The first-order valence-corrected chi connectivity index (χ1v) is 12.3. The highest BCUT2D eigenvalue weighted by Gasteiger charge is 2.28. The van der Waals surface area contributed by atoms with Gasteiger partial charge in [-0.3, -0.25) is 10.1 Å². The lowest BCUT2D eigenvalue weighted by atomic mass is 9.82. The van der Waals surface area contributed by atoms with Crippen molar-refractivity contribution in [3.8, 4) is 17.0 Å². The van der Waals surface area contributed by atoms with Gasteiger partial charge in [0, 0.05) is 28.6 Å². The van der Waals surface area contributed by atoms with Crippen molar-refractivity contribution >= 4 is 40.2 Å². The number of nitrogens with zero attached hydrogens (tertiary/aromatic N) is 4. The zero-order valence-electron chi connectivity index (χ0n) is 20.0. The van der Waals surface area contributed by atoms with E-state index >= 15 is 0 Å². The van der Waals surface area contributed by atoms with Crippen LogP contribution >= 0.6 is 11.6 Å². The molecule has 0 amide bonds. The average Bonchev–Trinajstić information content (AvgIpc) is 2.93. The van der Waals surface area contributed by atoms with Crippen molar-refractivity contribution in [2.75, 3.05) is 12.4 Å². The number of rotatable bonds is 5. The highest BCUT2D eigenvalue weighted by Crippen LogP contribution is 2.34. The Bertz CT molecular complexity index is 1620. The number of nitrogens with one attached hydrogen (secondary N) is 1. The second kappa shape index (κ2) is 9.59. The Morgan fingerprint density at radius 1 is 0.919 bits per heavy atom. The number of methoxy groups -OCH3 is 1. The maximum atomic E-state index is 12.9. The molecule has 0 saturated carbocycles. The van der Waals surface area contributed by atoms with E-state index < -0.39 is 0 Å². The van der Waals surface area contributed by atoms with Crippen LogP contribution in [0.5, 0.6) is 5.75 Å². The summed E-state index contributed by atoms with van der Waals surface area (Å²) in [5, 5.41) is 4.61. The van der Waals surface area contributed by atoms with Crippen LogP contribution in [0.2, 0.25) is 5.02 Å². The summed E-state index contributed by atoms with van der Waals surface area (Å²) in [5.74, 6) is 1.57. The normalized spacial score (nSPS) is 14.9. The van der Waals surface area contributed by atoms with E-state index in [4.69, 9.17) is 26.3 Å². The number of aromatic nitrogens is 4. The number of carbonyl (C=O) groups excluding carboxylic acids is 1. The van der Waals surface area contributed by atoms with E-state index in [9.17, 15) is 4.79 Å². The Morgan fingerprint density at radius 3 is 2.51 bits per heavy atom. The van der Waals surface area contributed by atoms with Gasteiger partial charge < -0.3 is 4.74 Å². The molecule has 0 fully saturated rings. The van der Waals surface area contributed by atoms with Crippen LogP contribution in [0.25, 0.3) is 22.2 Å². The summed E-state index contributed by atoms with van der Waals surface area (Å²) in [6, 6.07) is 23.2. The van der Waals surface area contributed by atoms with E-state index in [1.54, 1.807) is 19.4 Å². The van der Waals surface area contributed by atoms with E-state index in [-0.39, 0.29) is 11.7 Å². The molecule has 5 aromatic rings. The zero-order valence-corrected chi connectivity index (χ0v) is 20.7. The van der Waals surface area contributed by atoms with Gasteiger partial charge in [-0.1, -0.05) is 54.1 Å². The minimum Gasteiger partial charge on any atom is -0.497 e. The molecule has 0 bridgehead atoms. The fourth-order valence-corrected chi connectivity index (χ4v) is 4.86. The van der Waals surface area contributed by atoms with Crippen LogP contribution in [-0.4, -0.2) is 32.8 Å². The molecule has 0 aliphatic heterocycles. The Balaban J connectivity index is 1.34. The third-order valence-electron chi connectivity index (χ3n) is 6.56. The van der Waals surface area contributed by atoms with Crippen LogP contribution in [0.4, 0.5) is 11.9 Å². The molecule has 1 N–H and O–H groups in total.